The molecule has 5 nitrogen and oxygen atoms in total. The van der Waals surface area contributed by atoms with Crippen LogP contribution in [-0.2, 0) is 4.79 Å². The van der Waals surface area contributed by atoms with Crippen LogP contribution < -0.4 is 5.32 Å². The number of nitro groups is 1. The Labute approximate surface area is 169 Å². The summed E-state index contributed by atoms with van der Waals surface area (Å²) in [5.74, 6) is -0.224. The van der Waals surface area contributed by atoms with Crippen LogP contribution in [-0.4, -0.2) is 10.8 Å². The van der Waals surface area contributed by atoms with Crippen molar-refractivity contribution in [2.75, 3.05) is 0 Å². The van der Waals surface area contributed by atoms with Gasteiger partial charge in [0.1, 0.15) is 0 Å². The molecule has 1 amide bonds. The molecule has 1 atom stereocenters. The molecule has 0 saturated heterocycles. The van der Waals surface area contributed by atoms with Crippen molar-refractivity contribution in [3.63, 3.8) is 0 Å². The fraction of sp³-hybridized carbons (Fsp3) is 0.125. The summed E-state index contributed by atoms with van der Waals surface area (Å²) in [4.78, 5) is 23.8. The summed E-state index contributed by atoms with van der Waals surface area (Å²) >= 11 is 0. The summed E-state index contributed by atoms with van der Waals surface area (Å²) in [6.07, 6.45) is 2.43. The van der Waals surface area contributed by atoms with Gasteiger partial charge < -0.3 is 5.32 Å². The second kappa shape index (κ2) is 9.46. The molecular formula is C24H22N2O3. The molecule has 0 aliphatic heterocycles. The first-order chi connectivity index (χ1) is 14.1. The largest absolute Gasteiger partial charge is 0.345 e. The smallest absolute Gasteiger partial charge is 0.270 e. The van der Waals surface area contributed by atoms with Crippen molar-refractivity contribution in [3.05, 3.63) is 112 Å². The van der Waals surface area contributed by atoms with E-state index in [1.54, 1.807) is 18.2 Å². The fourth-order valence-corrected chi connectivity index (χ4v) is 3.13. The van der Waals surface area contributed by atoms with Gasteiger partial charge in [-0.25, -0.2) is 0 Å². The maximum atomic E-state index is 13.2. The monoisotopic (exact) mass is 386 g/mol. The molecule has 1 N–H and O–H groups in total. The summed E-state index contributed by atoms with van der Waals surface area (Å²) in [7, 11) is 0. The Kier molecular flexibility index (Phi) is 6.53. The van der Waals surface area contributed by atoms with E-state index < -0.39 is 4.92 Å². The number of nitrogens with one attached hydrogen (secondary N) is 1. The number of benzene rings is 3. The lowest BCUT2D eigenvalue weighted by molar-refractivity contribution is -0.384. The molecule has 0 bridgehead atoms. The number of nitro benzene ring substituents is 1. The first-order valence-electron chi connectivity index (χ1n) is 9.46. The van der Waals surface area contributed by atoms with E-state index in [9.17, 15) is 14.9 Å². The van der Waals surface area contributed by atoms with Gasteiger partial charge in [0.15, 0.2) is 0 Å². The van der Waals surface area contributed by atoms with Gasteiger partial charge in [-0.15, -0.1) is 0 Å². The van der Waals surface area contributed by atoms with Crippen molar-refractivity contribution in [2.24, 2.45) is 0 Å². The molecule has 3 aromatic carbocycles. The average Bonchev–Trinajstić information content (AvgIpc) is 2.77. The van der Waals surface area contributed by atoms with E-state index in [-0.39, 0.29) is 17.6 Å². The van der Waals surface area contributed by atoms with Crippen LogP contribution in [0.2, 0.25) is 0 Å². The summed E-state index contributed by atoms with van der Waals surface area (Å²) < 4.78 is 0. The number of carbonyl (C=O) groups is 1. The number of amides is 1. The Morgan fingerprint density at radius 1 is 1.00 bits per heavy atom. The topological polar surface area (TPSA) is 72.2 Å². The van der Waals surface area contributed by atoms with Crippen molar-refractivity contribution >= 4 is 23.2 Å². The van der Waals surface area contributed by atoms with E-state index in [1.807, 2.05) is 67.6 Å². The molecule has 0 fully saturated rings. The van der Waals surface area contributed by atoms with Gasteiger partial charge in [0.05, 0.1) is 11.0 Å². The van der Waals surface area contributed by atoms with Crippen LogP contribution in [0.4, 0.5) is 5.69 Å². The normalized spacial score (nSPS) is 12.2. The molecule has 0 heterocycles. The van der Waals surface area contributed by atoms with Crippen LogP contribution in [0.25, 0.3) is 11.6 Å². The zero-order chi connectivity index (χ0) is 20.6. The number of rotatable bonds is 7. The molecule has 0 aliphatic carbocycles. The third kappa shape index (κ3) is 5.17. The van der Waals surface area contributed by atoms with Crippen LogP contribution in [0.3, 0.4) is 0 Å². The van der Waals surface area contributed by atoms with Crippen LogP contribution >= 0.6 is 0 Å². The predicted molar refractivity (Wildman–Crippen MR) is 115 cm³/mol. The van der Waals surface area contributed by atoms with Crippen molar-refractivity contribution in [1.29, 1.82) is 0 Å². The standard InChI is InChI=1S/C24H22N2O3/c1-2-23(20-13-7-4-8-14-20)25-24(27)22(19-11-5-3-6-12-19)17-18-10-9-15-21(16-18)26(28)29/h3-17,23H,2H2,1H3,(H,25,27)/b22-17+/t23-/m0/s1. The first kappa shape index (κ1) is 20.0. The molecule has 146 valence electrons. The van der Waals surface area contributed by atoms with E-state index in [2.05, 4.69) is 5.32 Å². The van der Waals surface area contributed by atoms with Crippen molar-refractivity contribution in [2.45, 2.75) is 19.4 Å². The number of nitrogens with zero attached hydrogens (tertiary/aromatic N) is 1. The molecule has 3 aromatic rings. The van der Waals surface area contributed by atoms with Crippen LogP contribution in [0.15, 0.2) is 84.9 Å². The molecule has 29 heavy (non-hydrogen) atoms. The van der Waals surface area contributed by atoms with Gasteiger partial charge in [0, 0.05) is 17.7 Å². The highest BCUT2D eigenvalue weighted by molar-refractivity contribution is 6.24. The lowest BCUT2D eigenvalue weighted by Gasteiger charge is -2.19. The average molecular weight is 386 g/mol. The Morgan fingerprint density at radius 2 is 1.66 bits per heavy atom. The molecule has 0 spiro atoms. The molecule has 0 saturated carbocycles. The molecule has 0 unspecified atom stereocenters. The number of hydrogen-bond acceptors (Lipinski definition) is 3. The minimum Gasteiger partial charge on any atom is -0.345 e. The third-order valence-corrected chi connectivity index (χ3v) is 4.64. The maximum Gasteiger partial charge on any atom is 0.270 e. The van der Waals surface area contributed by atoms with E-state index in [0.717, 1.165) is 17.5 Å². The van der Waals surface area contributed by atoms with Crippen molar-refractivity contribution in [3.8, 4) is 0 Å². The van der Waals surface area contributed by atoms with Crippen LogP contribution in [0.1, 0.15) is 36.1 Å². The molecule has 0 aliphatic rings. The lowest BCUT2D eigenvalue weighted by Crippen LogP contribution is -2.28. The quantitative estimate of drug-likeness (QED) is 0.256. The van der Waals surface area contributed by atoms with Crippen molar-refractivity contribution < 1.29 is 9.72 Å². The number of hydrogen-bond donors (Lipinski definition) is 1. The Hall–Kier alpha value is -3.73. The van der Waals surface area contributed by atoms with E-state index in [1.165, 1.54) is 12.1 Å². The van der Waals surface area contributed by atoms with Gasteiger partial charge in [0.25, 0.3) is 11.6 Å². The number of carbonyl (C=O) groups excluding carboxylic acids is 1. The maximum absolute atomic E-state index is 13.2. The highest BCUT2D eigenvalue weighted by atomic mass is 16.6. The molecule has 3 rings (SSSR count). The van der Waals surface area contributed by atoms with Crippen molar-refractivity contribution in [1.82, 2.24) is 5.32 Å². The van der Waals surface area contributed by atoms with Gasteiger partial charge in [-0.3, -0.25) is 14.9 Å². The van der Waals surface area contributed by atoms with E-state index in [0.29, 0.717) is 11.1 Å². The summed E-state index contributed by atoms with van der Waals surface area (Å²) in [5, 5.41) is 14.2. The minimum atomic E-state index is -0.442. The molecular weight excluding hydrogens is 364 g/mol. The second-order valence-electron chi connectivity index (χ2n) is 6.62. The van der Waals surface area contributed by atoms with E-state index >= 15 is 0 Å². The highest BCUT2D eigenvalue weighted by Gasteiger charge is 2.18. The zero-order valence-corrected chi connectivity index (χ0v) is 16.1. The SMILES string of the molecule is CC[C@H](NC(=O)/C(=C/c1cccc([N+](=O)[O-])c1)c1ccccc1)c1ccccc1. The Balaban J connectivity index is 1.97. The molecule has 0 radical (unpaired) electrons. The van der Waals surface area contributed by atoms with Gasteiger partial charge in [-0.2, -0.15) is 0 Å². The van der Waals surface area contributed by atoms with E-state index in [4.69, 9.17) is 0 Å². The number of non-ortho nitro benzene ring substituents is 1. The predicted octanol–water partition coefficient (Wildman–Crippen LogP) is 5.40. The zero-order valence-electron chi connectivity index (χ0n) is 16.1. The fourth-order valence-electron chi connectivity index (χ4n) is 3.13. The van der Waals surface area contributed by atoms with Crippen LogP contribution in [0.5, 0.6) is 0 Å². The first-order valence-corrected chi connectivity index (χ1v) is 9.46. The highest BCUT2D eigenvalue weighted by Crippen LogP contribution is 2.23. The van der Waals surface area contributed by atoms with Gasteiger partial charge in [0.2, 0.25) is 0 Å². The lowest BCUT2D eigenvalue weighted by atomic mass is 9.99. The van der Waals surface area contributed by atoms with Gasteiger partial charge >= 0.3 is 0 Å². The second-order valence-corrected chi connectivity index (χ2v) is 6.62. The Bertz CT molecular complexity index is 1010. The van der Waals surface area contributed by atoms with Gasteiger partial charge in [-0.1, -0.05) is 79.7 Å². The Morgan fingerprint density at radius 3 is 2.28 bits per heavy atom. The summed E-state index contributed by atoms with van der Waals surface area (Å²) in [5.41, 5.74) is 2.83. The third-order valence-electron chi connectivity index (χ3n) is 4.64. The minimum absolute atomic E-state index is 0.0118. The molecule has 5 heteroatoms. The summed E-state index contributed by atoms with van der Waals surface area (Å²) in [6.45, 7) is 2.02. The van der Waals surface area contributed by atoms with Gasteiger partial charge in [-0.05, 0) is 29.2 Å². The van der Waals surface area contributed by atoms with Crippen LogP contribution in [0, 0.1) is 10.1 Å². The molecule has 0 aromatic heterocycles. The summed E-state index contributed by atoms with van der Waals surface area (Å²) in [6, 6.07) is 25.2.